The first-order valence-corrected chi connectivity index (χ1v) is 12.0. The molecule has 0 bridgehead atoms. The van der Waals surface area contributed by atoms with Crippen LogP contribution >= 0.6 is 0 Å². The van der Waals surface area contributed by atoms with Gasteiger partial charge in [-0.3, -0.25) is 0 Å². The Hall–Kier alpha value is -0.420. The highest BCUT2D eigenvalue weighted by molar-refractivity contribution is 4.81. The van der Waals surface area contributed by atoms with Crippen LogP contribution in [0.1, 0.15) is 110 Å². The lowest BCUT2D eigenvalue weighted by molar-refractivity contribution is -0.229. The highest BCUT2D eigenvalue weighted by Gasteiger charge is 2.29. The molecule has 0 aromatic carbocycles. The smallest absolute Gasteiger partial charge is 0.158 e. The van der Waals surface area contributed by atoms with Crippen LogP contribution in [-0.4, -0.2) is 41.9 Å². The van der Waals surface area contributed by atoms with Crippen molar-refractivity contribution in [2.75, 3.05) is 13.2 Å². The molecule has 1 aliphatic rings. The SMILES string of the molecule is CCCCCCCCCCCCC/C=C/CCCO[C@H]1CC[C@H](O)[C@@H](CO)O1. The van der Waals surface area contributed by atoms with E-state index < -0.39 is 12.2 Å². The van der Waals surface area contributed by atoms with Crippen LogP contribution in [0.25, 0.3) is 0 Å². The average Bonchev–Trinajstić information content (AvgIpc) is 2.71. The third kappa shape index (κ3) is 13.7. The maximum Gasteiger partial charge on any atom is 0.158 e. The number of hydrogen-bond acceptors (Lipinski definition) is 4. The zero-order chi connectivity index (χ0) is 20.3. The van der Waals surface area contributed by atoms with E-state index in [0.717, 1.165) is 12.8 Å². The van der Waals surface area contributed by atoms with Crippen molar-refractivity contribution in [1.82, 2.24) is 0 Å². The van der Waals surface area contributed by atoms with Crippen LogP contribution in [-0.2, 0) is 9.47 Å². The lowest BCUT2D eigenvalue weighted by Gasteiger charge is -2.32. The highest BCUT2D eigenvalue weighted by Crippen LogP contribution is 2.20. The Kier molecular flexibility index (Phi) is 17.0. The topological polar surface area (TPSA) is 58.9 Å². The van der Waals surface area contributed by atoms with E-state index in [9.17, 15) is 5.11 Å². The Morgan fingerprint density at radius 1 is 0.821 bits per heavy atom. The molecule has 28 heavy (non-hydrogen) atoms. The maximum absolute atomic E-state index is 9.66. The third-order valence-corrected chi connectivity index (χ3v) is 5.59. The first-order valence-electron chi connectivity index (χ1n) is 12.0. The van der Waals surface area contributed by atoms with Gasteiger partial charge in [-0.15, -0.1) is 0 Å². The molecule has 0 unspecified atom stereocenters. The number of aliphatic hydroxyl groups excluding tert-OH is 2. The van der Waals surface area contributed by atoms with Gasteiger partial charge in [0.15, 0.2) is 6.29 Å². The summed E-state index contributed by atoms with van der Waals surface area (Å²) in [6.07, 6.45) is 23.2. The summed E-state index contributed by atoms with van der Waals surface area (Å²) in [6.45, 7) is 2.80. The zero-order valence-corrected chi connectivity index (χ0v) is 18.3. The molecule has 0 aromatic rings. The fraction of sp³-hybridized carbons (Fsp3) is 0.917. The first kappa shape index (κ1) is 25.6. The second-order valence-electron chi connectivity index (χ2n) is 8.24. The summed E-state index contributed by atoms with van der Waals surface area (Å²) in [6, 6.07) is 0. The van der Waals surface area contributed by atoms with E-state index in [2.05, 4.69) is 19.1 Å². The van der Waals surface area contributed by atoms with E-state index in [1.54, 1.807) is 0 Å². The molecule has 4 nitrogen and oxygen atoms in total. The van der Waals surface area contributed by atoms with Crippen molar-refractivity contribution >= 4 is 0 Å². The van der Waals surface area contributed by atoms with E-state index in [1.807, 2.05) is 0 Å². The summed E-state index contributed by atoms with van der Waals surface area (Å²) in [7, 11) is 0. The number of aliphatic hydroxyl groups is 2. The molecule has 0 aliphatic carbocycles. The summed E-state index contributed by atoms with van der Waals surface area (Å²) in [5, 5.41) is 18.8. The molecule has 0 amide bonds. The maximum atomic E-state index is 9.66. The first-order chi connectivity index (χ1) is 13.8. The molecule has 4 heteroatoms. The normalized spacial score (nSPS) is 22.9. The quantitative estimate of drug-likeness (QED) is 0.223. The molecule has 0 radical (unpaired) electrons. The largest absolute Gasteiger partial charge is 0.394 e. The Morgan fingerprint density at radius 3 is 2.00 bits per heavy atom. The Bertz CT molecular complexity index is 359. The number of ether oxygens (including phenoxy) is 2. The zero-order valence-electron chi connectivity index (χ0n) is 18.3. The monoisotopic (exact) mass is 398 g/mol. The van der Waals surface area contributed by atoms with E-state index >= 15 is 0 Å². The van der Waals surface area contributed by atoms with Gasteiger partial charge in [0.1, 0.15) is 6.10 Å². The van der Waals surface area contributed by atoms with Crippen LogP contribution in [0.5, 0.6) is 0 Å². The summed E-state index contributed by atoms with van der Waals surface area (Å²) < 4.78 is 11.2. The molecule has 1 rings (SSSR count). The van der Waals surface area contributed by atoms with Crippen LogP contribution in [0.15, 0.2) is 12.2 Å². The van der Waals surface area contributed by atoms with Gasteiger partial charge in [0.25, 0.3) is 0 Å². The number of rotatable bonds is 18. The van der Waals surface area contributed by atoms with Crippen molar-refractivity contribution in [3.05, 3.63) is 12.2 Å². The molecule has 1 aliphatic heterocycles. The van der Waals surface area contributed by atoms with Gasteiger partial charge < -0.3 is 19.7 Å². The minimum atomic E-state index is -0.566. The van der Waals surface area contributed by atoms with Crippen molar-refractivity contribution in [1.29, 1.82) is 0 Å². The molecule has 3 atom stereocenters. The van der Waals surface area contributed by atoms with Crippen molar-refractivity contribution < 1.29 is 19.7 Å². The number of hydrogen-bond donors (Lipinski definition) is 2. The Morgan fingerprint density at radius 2 is 1.39 bits per heavy atom. The van der Waals surface area contributed by atoms with Crippen molar-refractivity contribution in [2.24, 2.45) is 0 Å². The predicted octanol–water partition coefficient (Wildman–Crippen LogP) is 5.90. The molecular formula is C24H46O4. The average molecular weight is 399 g/mol. The van der Waals surface area contributed by atoms with E-state index in [-0.39, 0.29) is 12.9 Å². The Labute approximate surface area is 173 Å². The molecule has 0 saturated carbocycles. The van der Waals surface area contributed by atoms with Crippen molar-refractivity contribution in [2.45, 2.75) is 128 Å². The van der Waals surface area contributed by atoms with Crippen molar-refractivity contribution in [3.8, 4) is 0 Å². The molecule has 1 heterocycles. The molecule has 2 N–H and O–H groups in total. The molecule has 166 valence electrons. The van der Waals surface area contributed by atoms with Crippen LogP contribution in [0.4, 0.5) is 0 Å². The molecular weight excluding hydrogens is 352 g/mol. The van der Waals surface area contributed by atoms with Gasteiger partial charge in [-0.1, -0.05) is 83.3 Å². The van der Waals surface area contributed by atoms with Crippen LogP contribution in [0, 0.1) is 0 Å². The van der Waals surface area contributed by atoms with Gasteiger partial charge in [-0.25, -0.2) is 0 Å². The van der Waals surface area contributed by atoms with Gasteiger partial charge in [0, 0.05) is 6.42 Å². The minimum Gasteiger partial charge on any atom is -0.394 e. The standard InChI is InChI=1S/C24H46O4/c1-2-3-4-5-6-7-8-9-10-11-12-13-14-15-16-17-20-27-24-19-18-22(26)23(21-25)28-24/h14-15,22-26H,2-13,16-21H2,1H3/b15-14+/t22-,23+,24+/m0/s1. The van der Waals surface area contributed by atoms with Crippen LogP contribution < -0.4 is 0 Å². The van der Waals surface area contributed by atoms with Crippen LogP contribution in [0.3, 0.4) is 0 Å². The second-order valence-corrected chi connectivity index (χ2v) is 8.24. The summed E-state index contributed by atoms with van der Waals surface area (Å²) in [5.41, 5.74) is 0. The number of allylic oxidation sites excluding steroid dienone is 2. The Balaban J connectivity index is 1.80. The van der Waals surface area contributed by atoms with Gasteiger partial charge in [0.2, 0.25) is 0 Å². The summed E-state index contributed by atoms with van der Waals surface area (Å²) >= 11 is 0. The van der Waals surface area contributed by atoms with Crippen LogP contribution in [0.2, 0.25) is 0 Å². The van der Waals surface area contributed by atoms with Gasteiger partial charge >= 0.3 is 0 Å². The third-order valence-electron chi connectivity index (χ3n) is 5.59. The summed E-state index contributed by atoms with van der Waals surface area (Å²) in [4.78, 5) is 0. The van der Waals surface area contributed by atoms with E-state index in [1.165, 1.54) is 77.0 Å². The lowest BCUT2D eigenvalue weighted by atomic mass is 10.1. The van der Waals surface area contributed by atoms with E-state index in [0.29, 0.717) is 19.4 Å². The van der Waals surface area contributed by atoms with E-state index in [4.69, 9.17) is 14.6 Å². The fourth-order valence-corrected chi connectivity index (χ4v) is 3.71. The minimum absolute atomic E-state index is 0.150. The number of unbranched alkanes of at least 4 members (excludes halogenated alkanes) is 12. The second kappa shape index (κ2) is 18.6. The van der Waals surface area contributed by atoms with Gasteiger partial charge in [-0.05, 0) is 32.1 Å². The highest BCUT2D eigenvalue weighted by atomic mass is 16.7. The molecule has 0 aromatic heterocycles. The lowest BCUT2D eigenvalue weighted by Crippen LogP contribution is -2.42. The molecule has 1 fully saturated rings. The molecule has 0 spiro atoms. The van der Waals surface area contributed by atoms with Gasteiger partial charge in [-0.2, -0.15) is 0 Å². The fourth-order valence-electron chi connectivity index (χ4n) is 3.71. The summed E-state index contributed by atoms with van der Waals surface area (Å²) in [5.74, 6) is 0. The van der Waals surface area contributed by atoms with Gasteiger partial charge in [0.05, 0.1) is 19.3 Å². The van der Waals surface area contributed by atoms with Crippen molar-refractivity contribution in [3.63, 3.8) is 0 Å². The molecule has 1 saturated heterocycles. The predicted molar refractivity (Wildman–Crippen MR) is 116 cm³/mol.